The second-order valence-electron chi connectivity index (χ2n) is 8.79. The Labute approximate surface area is 125 Å². The van der Waals surface area contributed by atoms with Crippen LogP contribution in [0.5, 0.6) is 0 Å². The third-order valence-electron chi connectivity index (χ3n) is 6.66. The summed E-state index contributed by atoms with van der Waals surface area (Å²) in [7, 11) is 0. The summed E-state index contributed by atoms with van der Waals surface area (Å²) in [6.07, 6.45) is 6.82. The van der Waals surface area contributed by atoms with E-state index in [4.69, 9.17) is 4.74 Å². The number of fused-ring (bicyclic) bond motifs is 2. The molecule has 0 spiro atoms. The second kappa shape index (κ2) is 5.28. The minimum Gasteiger partial charge on any atom is -0.367 e. The van der Waals surface area contributed by atoms with E-state index < -0.39 is 6.29 Å². The molecule has 2 aliphatic rings. The molecule has 118 valence electrons. The van der Waals surface area contributed by atoms with Gasteiger partial charge in [0.05, 0.1) is 5.60 Å². The molecular formula is C18H34O2. The van der Waals surface area contributed by atoms with E-state index in [0.29, 0.717) is 5.92 Å². The predicted octanol–water partition coefficient (Wildman–Crippen LogP) is 4.75. The molecule has 0 aliphatic heterocycles. The topological polar surface area (TPSA) is 29.5 Å². The van der Waals surface area contributed by atoms with Gasteiger partial charge in [-0.05, 0) is 42.9 Å². The molecule has 0 amide bonds. The molecule has 2 heteroatoms. The van der Waals surface area contributed by atoms with Gasteiger partial charge in [-0.2, -0.15) is 0 Å². The van der Waals surface area contributed by atoms with Crippen LogP contribution >= 0.6 is 0 Å². The highest BCUT2D eigenvalue weighted by molar-refractivity contribution is 5.00. The summed E-state index contributed by atoms with van der Waals surface area (Å²) in [4.78, 5) is 0. The lowest BCUT2D eigenvalue weighted by Crippen LogP contribution is -2.49. The number of hydrogen-bond donors (Lipinski definition) is 1. The zero-order valence-electron chi connectivity index (χ0n) is 14.3. The fraction of sp³-hybridized carbons (Fsp3) is 1.00. The molecule has 0 aromatic rings. The molecule has 20 heavy (non-hydrogen) atoms. The summed E-state index contributed by atoms with van der Waals surface area (Å²) in [5, 5.41) is 10.8. The molecule has 0 heterocycles. The van der Waals surface area contributed by atoms with Crippen molar-refractivity contribution in [2.24, 2.45) is 22.7 Å². The Bertz CT molecular complexity index is 342. The molecular weight excluding hydrogens is 248 g/mol. The Morgan fingerprint density at radius 3 is 2.35 bits per heavy atom. The van der Waals surface area contributed by atoms with Crippen LogP contribution in [0, 0.1) is 22.7 Å². The Morgan fingerprint density at radius 1 is 1.20 bits per heavy atom. The highest BCUT2D eigenvalue weighted by Gasteiger charge is 2.52. The number of aliphatic hydroxyl groups is 1. The molecule has 0 aromatic carbocycles. The fourth-order valence-corrected chi connectivity index (χ4v) is 4.01. The van der Waals surface area contributed by atoms with Gasteiger partial charge in [0, 0.05) is 5.41 Å². The average molecular weight is 282 g/mol. The third-order valence-corrected chi connectivity index (χ3v) is 6.66. The lowest BCUT2D eigenvalue weighted by atomic mass is 9.68. The summed E-state index contributed by atoms with van der Waals surface area (Å²) in [6.45, 7) is 13.0. The van der Waals surface area contributed by atoms with E-state index in [0.717, 1.165) is 18.8 Å². The van der Waals surface area contributed by atoms with Gasteiger partial charge in [-0.1, -0.05) is 54.4 Å². The van der Waals surface area contributed by atoms with E-state index >= 15 is 0 Å². The minimum absolute atomic E-state index is 0.0228. The van der Waals surface area contributed by atoms with Gasteiger partial charge in [-0.3, -0.25) is 0 Å². The van der Waals surface area contributed by atoms with Gasteiger partial charge in [0.1, 0.15) is 0 Å². The molecule has 2 aliphatic carbocycles. The lowest BCUT2D eigenvalue weighted by Gasteiger charge is -2.46. The average Bonchev–Trinajstić information content (AvgIpc) is 2.59. The van der Waals surface area contributed by atoms with E-state index in [2.05, 4.69) is 41.5 Å². The SMILES string of the molecule is CCC1(OC(O)C(C)(C)C(C)(C)C)CC2CCCC1C2. The first kappa shape index (κ1) is 16.3. The minimum atomic E-state index is -0.679. The first-order valence-corrected chi connectivity index (χ1v) is 8.48. The van der Waals surface area contributed by atoms with Gasteiger partial charge < -0.3 is 9.84 Å². The maximum absolute atomic E-state index is 10.8. The maximum atomic E-state index is 10.8. The van der Waals surface area contributed by atoms with Gasteiger partial charge in [0.25, 0.3) is 0 Å². The van der Waals surface area contributed by atoms with Crippen LogP contribution < -0.4 is 0 Å². The van der Waals surface area contributed by atoms with E-state index in [9.17, 15) is 5.11 Å². The zero-order valence-corrected chi connectivity index (χ0v) is 14.3. The standard InChI is InChI=1S/C18H34O2/c1-7-18(12-13-9-8-10-14(18)11-13)20-15(19)17(5,6)16(2,3)4/h13-15,19H,7-12H2,1-6H3. The number of aliphatic hydroxyl groups excluding tert-OH is 1. The molecule has 2 rings (SSSR count). The van der Waals surface area contributed by atoms with Crippen molar-refractivity contribution in [1.29, 1.82) is 0 Å². The fourth-order valence-electron chi connectivity index (χ4n) is 4.01. The van der Waals surface area contributed by atoms with Gasteiger partial charge in [-0.25, -0.2) is 0 Å². The van der Waals surface area contributed by atoms with Crippen LogP contribution in [0.1, 0.15) is 80.1 Å². The largest absolute Gasteiger partial charge is 0.367 e. The molecule has 0 saturated heterocycles. The molecule has 2 fully saturated rings. The van der Waals surface area contributed by atoms with Crippen molar-refractivity contribution in [1.82, 2.24) is 0 Å². The Kier molecular flexibility index (Phi) is 4.30. The normalized spacial score (nSPS) is 36.1. The number of hydrogen-bond acceptors (Lipinski definition) is 2. The van der Waals surface area contributed by atoms with Crippen molar-refractivity contribution in [3.8, 4) is 0 Å². The van der Waals surface area contributed by atoms with Crippen LogP contribution in [0.2, 0.25) is 0 Å². The summed E-state index contributed by atoms with van der Waals surface area (Å²) in [6, 6.07) is 0. The van der Waals surface area contributed by atoms with Crippen molar-refractivity contribution in [3.05, 3.63) is 0 Å². The van der Waals surface area contributed by atoms with Crippen LogP contribution in [-0.2, 0) is 4.74 Å². The summed E-state index contributed by atoms with van der Waals surface area (Å²) in [5.74, 6) is 1.50. The van der Waals surface area contributed by atoms with Crippen molar-refractivity contribution in [3.63, 3.8) is 0 Å². The molecule has 2 bridgehead atoms. The summed E-state index contributed by atoms with van der Waals surface area (Å²) >= 11 is 0. The number of ether oxygens (including phenoxy) is 1. The Morgan fingerprint density at radius 2 is 1.85 bits per heavy atom. The molecule has 0 aromatic heterocycles. The van der Waals surface area contributed by atoms with Crippen LogP contribution in [-0.4, -0.2) is 17.0 Å². The van der Waals surface area contributed by atoms with Crippen molar-refractivity contribution >= 4 is 0 Å². The van der Waals surface area contributed by atoms with Crippen LogP contribution in [0.3, 0.4) is 0 Å². The van der Waals surface area contributed by atoms with Gasteiger partial charge in [-0.15, -0.1) is 0 Å². The molecule has 4 atom stereocenters. The first-order valence-electron chi connectivity index (χ1n) is 8.48. The maximum Gasteiger partial charge on any atom is 0.160 e. The van der Waals surface area contributed by atoms with Gasteiger partial charge in [0.15, 0.2) is 6.29 Å². The Hall–Kier alpha value is -0.0800. The van der Waals surface area contributed by atoms with Gasteiger partial charge in [0.2, 0.25) is 0 Å². The monoisotopic (exact) mass is 282 g/mol. The third kappa shape index (κ3) is 2.66. The summed E-state index contributed by atoms with van der Waals surface area (Å²) < 4.78 is 6.41. The van der Waals surface area contributed by atoms with E-state index in [1.165, 1.54) is 25.7 Å². The quantitative estimate of drug-likeness (QED) is 0.754. The zero-order chi connectivity index (χ0) is 15.2. The van der Waals surface area contributed by atoms with Crippen molar-refractivity contribution < 1.29 is 9.84 Å². The van der Waals surface area contributed by atoms with Crippen molar-refractivity contribution in [2.75, 3.05) is 0 Å². The van der Waals surface area contributed by atoms with Crippen molar-refractivity contribution in [2.45, 2.75) is 92.0 Å². The van der Waals surface area contributed by atoms with Crippen LogP contribution in [0.15, 0.2) is 0 Å². The van der Waals surface area contributed by atoms with E-state index in [1.54, 1.807) is 0 Å². The highest BCUT2D eigenvalue weighted by Crippen LogP contribution is 2.54. The van der Waals surface area contributed by atoms with Crippen LogP contribution in [0.25, 0.3) is 0 Å². The molecule has 2 saturated carbocycles. The molecule has 1 N–H and O–H groups in total. The van der Waals surface area contributed by atoms with E-state index in [1.807, 2.05) is 0 Å². The summed E-state index contributed by atoms with van der Waals surface area (Å²) in [5.41, 5.74) is -0.288. The second-order valence-corrected chi connectivity index (χ2v) is 8.79. The Balaban J connectivity index is 2.15. The first-order chi connectivity index (χ1) is 9.12. The molecule has 0 radical (unpaired) electrons. The number of rotatable bonds is 4. The highest BCUT2D eigenvalue weighted by atomic mass is 16.6. The smallest absolute Gasteiger partial charge is 0.160 e. The van der Waals surface area contributed by atoms with Crippen LogP contribution in [0.4, 0.5) is 0 Å². The van der Waals surface area contributed by atoms with Gasteiger partial charge >= 0.3 is 0 Å². The predicted molar refractivity (Wildman–Crippen MR) is 83.4 cm³/mol. The van der Waals surface area contributed by atoms with E-state index in [-0.39, 0.29) is 16.4 Å². The molecule has 4 unspecified atom stereocenters. The lowest BCUT2D eigenvalue weighted by molar-refractivity contribution is -0.261. The molecule has 2 nitrogen and oxygen atoms in total.